The number of aromatic nitrogens is 2. The first-order valence-corrected chi connectivity index (χ1v) is 7.86. The van der Waals surface area contributed by atoms with Crippen molar-refractivity contribution in [3.05, 3.63) is 89.5 Å². The molecule has 0 saturated heterocycles. The number of anilines is 1. The first-order valence-electron chi connectivity index (χ1n) is 7.86. The van der Waals surface area contributed by atoms with E-state index in [9.17, 15) is 4.79 Å². The SMILES string of the molecule is Cc1cc(C(=O)N(Cc2ccccc2)c2ccccc2)nc(C)n1. The summed E-state index contributed by atoms with van der Waals surface area (Å²) in [5.74, 6) is 0.477. The van der Waals surface area contributed by atoms with E-state index in [1.54, 1.807) is 17.9 Å². The molecular formula is C20H19N3O. The maximum absolute atomic E-state index is 13.1. The number of aryl methyl sites for hydroxylation is 2. The van der Waals surface area contributed by atoms with Crippen LogP contribution in [0.15, 0.2) is 66.7 Å². The Morgan fingerprint density at radius 3 is 2.17 bits per heavy atom. The summed E-state index contributed by atoms with van der Waals surface area (Å²) in [6.45, 7) is 4.16. The van der Waals surface area contributed by atoms with Gasteiger partial charge >= 0.3 is 0 Å². The van der Waals surface area contributed by atoms with E-state index in [0.29, 0.717) is 18.1 Å². The third-order valence-electron chi connectivity index (χ3n) is 3.68. The van der Waals surface area contributed by atoms with Gasteiger partial charge in [0.05, 0.1) is 6.54 Å². The molecule has 2 aromatic carbocycles. The van der Waals surface area contributed by atoms with Crippen LogP contribution in [-0.2, 0) is 6.54 Å². The molecule has 1 aromatic heterocycles. The van der Waals surface area contributed by atoms with Crippen LogP contribution in [0.4, 0.5) is 5.69 Å². The molecular weight excluding hydrogens is 298 g/mol. The van der Waals surface area contributed by atoms with Gasteiger partial charge in [-0.1, -0.05) is 48.5 Å². The lowest BCUT2D eigenvalue weighted by molar-refractivity contribution is 0.0980. The van der Waals surface area contributed by atoms with Crippen molar-refractivity contribution in [2.75, 3.05) is 4.90 Å². The van der Waals surface area contributed by atoms with Gasteiger partial charge in [0.15, 0.2) is 0 Å². The highest BCUT2D eigenvalue weighted by Gasteiger charge is 2.20. The highest BCUT2D eigenvalue weighted by Crippen LogP contribution is 2.19. The molecule has 24 heavy (non-hydrogen) atoms. The Kier molecular flexibility index (Phi) is 4.66. The lowest BCUT2D eigenvalue weighted by Crippen LogP contribution is -2.31. The highest BCUT2D eigenvalue weighted by molar-refractivity contribution is 6.04. The van der Waals surface area contributed by atoms with Gasteiger partial charge in [-0.15, -0.1) is 0 Å². The van der Waals surface area contributed by atoms with Gasteiger partial charge in [0, 0.05) is 11.4 Å². The lowest BCUT2D eigenvalue weighted by Gasteiger charge is -2.23. The van der Waals surface area contributed by atoms with E-state index < -0.39 is 0 Å². The van der Waals surface area contributed by atoms with E-state index in [2.05, 4.69) is 9.97 Å². The van der Waals surface area contributed by atoms with E-state index in [4.69, 9.17) is 0 Å². The molecule has 4 heteroatoms. The van der Waals surface area contributed by atoms with Crippen molar-refractivity contribution in [1.29, 1.82) is 0 Å². The Labute approximate surface area is 141 Å². The second-order valence-corrected chi connectivity index (χ2v) is 5.65. The number of benzene rings is 2. The fourth-order valence-corrected chi connectivity index (χ4v) is 2.62. The average Bonchev–Trinajstić information content (AvgIpc) is 2.60. The Balaban J connectivity index is 1.99. The largest absolute Gasteiger partial charge is 0.303 e. The molecule has 1 heterocycles. The Morgan fingerprint density at radius 2 is 1.54 bits per heavy atom. The molecule has 0 radical (unpaired) electrons. The fourth-order valence-electron chi connectivity index (χ4n) is 2.62. The van der Waals surface area contributed by atoms with Crippen molar-refractivity contribution in [2.24, 2.45) is 0 Å². The zero-order valence-corrected chi connectivity index (χ0v) is 13.8. The van der Waals surface area contributed by atoms with Crippen LogP contribution in [0.5, 0.6) is 0 Å². The zero-order chi connectivity index (χ0) is 16.9. The van der Waals surface area contributed by atoms with Crippen molar-refractivity contribution in [3.63, 3.8) is 0 Å². The number of carbonyl (C=O) groups is 1. The summed E-state index contributed by atoms with van der Waals surface area (Å²) in [6.07, 6.45) is 0. The summed E-state index contributed by atoms with van der Waals surface area (Å²) in [7, 11) is 0. The third kappa shape index (κ3) is 3.66. The molecule has 1 amide bonds. The molecule has 0 aliphatic rings. The van der Waals surface area contributed by atoms with Gasteiger partial charge in [-0.2, -0.15) is 0 Å². The van der Waals surface area contributed by atoms with Crippen LogP contribution in [0.1, 0.15) is 27.6 Å². The van der Waals surface area contributed by atoms with Crippen molar-refractivity contribution in [1.82, 2.24) is 9.97 Å². The van der Waals surface area contributed by atoms with Crippen LogP contribution < -0.4 is 4.90 Å². The topological polar surface area (TPSA) is 46.1 Å². The molecule has 3 rings (SSSR count). The van der Waals surface area contributed by atoms with Crippen LogP contribution in [0, 0.1) is 13.8 Å². The quantitative estimate of drug-likeness (QED) is 0.732. The number of carbonyl (C=O) groups excluding carboxylic acids is 1. The minimum Gasteiger partial charge on any atom is -0.303 e. The summed E-state index contributed by atoms with van der Waals surface area (Å²) in [5.41, 5.74) is 3.12. The zero-order valence-electron chi connectivity index (χ0n) is 13.8. The summed E-state index contributed by atoms with van der Waals surface area (Å²) in [6, 6.07) is 21.3. The monoisotopic (exact) mass is 317 g/mol. The molecule has 0 saturated carbocycles. The number of rotatable bonds is 4. The van der Waals surface area contributed by atoms with E-state index in [-0.39, 0.29) is 5.91 Å². The molecule has 0 bridgehead atoms. The van der Waals surface area contributed by atoms with E-state index in [1.807, 2.05) is 67.6 Å². The molecule has 4 nitrogen and oxygen atoms in total. The maximum Gasteiger partial charge on any atom is 0.277 e. The predicted octanol–water partition coefficient (Wildman–Crippen LogP) is 3.94. The van der Waals surface area contributed by atoms with Crippen LogP contribution in [0.2, 0.25) is 0 Å². The van der Waals surface area contributed by atoms with E-state index in [0.717, 1.165) is 16.9 Å². The van der Waals surface area contributed by atoms with Crippen LogP contribution >= 0.6 is 0 Å². The molecule has 120 valence electrons. The maximum atomic E-state index is 13.1. The first-order chi connectivity index (χ1) is 11.6. The predicted molar refractivity (Wildman–Crippen MR) is 94.9 cm³/mol. The fraction of sp³-hybridized carbons (Fsp3) is 0.150. The summed E-state index contributed by atoms with van der Waals surface area (Å²) >= 11 is 0. The first kappa shape index (κ1) is 15.9. The van der Waals surface area contributed by atoms with Crippen molar-refractivity contribution in [2.45, 2.75) is 20.4 Å². The Bertz CT molecular complexity index is 812. The van der Waals surface area contributed by atoms with Gasteiger partial charge in [-0.25, -0.2) is 9.97 Å². The van der Waals surface area contributed by atoms with Crippen LogP contribution in [0.25, 0.3) is 0 Å². The van der Waals surface area contributed by atoms with Gasteiger partial charge in [-0.3, -0.25) is 4.79 Å². The molecule has 0 aliphatic carbocycles. The van der Waals surface area contributed by atoms with Gasteiger partial charge in [0.2, 0.25) is 0 Å². The summed E-state index contributed by atoms with van der Waals surface area (Å²) in [4.78, 5) is 23.4. The average molecular weight is 317 g/mol. The molecule has 3 aromatic rings. The number of amides is 1. The number of hydrogen-bond acceptors (Lipinski definition) is 3. The second-order valence-electron chi connectivity index (χ2n) is 5.65. The molecule has 0 atom stereocenters. The van der Waals surface area contributed by atoms with E-state index in [1.165, 1.54) is 0 Å². The van der Waals surface area contributed by atoms with Gasteiger partial charge in [-0.05, 0) is 37.6 Å². The summed E-state index contributed by atoms with van der Waals surface area (Å²) in [5, 5.41) is 0. The van der Waals surface area contributed by atoms with Crippen molar-refractivity contribution < 1.29 is 4.79 Å². The molecule has 0 aliphatic heterocycles. The van der Waals surface area contributed by atoms with Gasteiger partial charge in [0.25, 0.3) is 5.91 Å². The minimum absolute atomic E-state index is 0.126. The molecule has 0 N–H and O–H groups in total. The smallest absolute Gasteiger partial charge is 0.277 e. The minimum atomic E-state index is -0.126. The number of hydrogen-bond donors (Lipinski definition) is 0. The highest BCUT2D eigenvalue weighted by atomic mass is 16.2. The van der Waals surface area contributed by atoms with Crippen LogP contribution in [-0.4, -0.2) is 15.9 Å². The number of para-hydroxylation sites is 1. The van der Waals surface area contributed by atoms with Crippen molar-refractivity contribution in [3.8, 4) is 0 Å². The van der Waals surface area contributed by atoms with Gasteiger partial charge < -0.3 is 4.90 Å². The Hall–Kier alpha value is -3.01. The molecule has 0 fully saturated rings. The van der Waals surface area contributed by atoms with Gasteiger partial charge in [0.1, 0.15) is 11.5 Å². The van der Waals surface area contributed by atoms with Crippen molar-refractivity contribution >= 4 is 11.6 Å². The second kappa shape index (κ2) is 7.04. The van der Waals surface area contributed by atoms with Crippen LogP contribution in [0.3, 0.4) is 0 Å². The lowest BCUT2D eigenvalue weighted by atomic mass is 10.1. The summed E-state index contributed by atoms with van der Waals surface area (Å²) < 4.78 is 0. The van der Waals surface area contributed by atoms with E-state index >= 15 is 0 Å². The Morgan fingerprint density at radius 1 is 0.917 bits per heavy atom. The third-order valence-corrected chi connectivity index (χ3v) is 3.68. The molecule has 0 spiro atoms. The normalized spacial score (nSPS) is 10.4. The standard InChI is InChI=1S/C20H19N3O/c1-15-13-19(22-16(2)21-15)20(24)23(18-11-7-4-8-12-18)14-17-9-5-3-6-10-17/h3-13H,14H2,1-2H3. The molecule has 0 unspecified atom stereocenters. The number of nitrogens with zero attached hydrogens (tertiary/aromatic N) is 3.